The van der Waals surface area contributed by atoms with Crippen LogP contribution in [0.4, 0.5) is 4.79 Å². The zero-order valence-corrected chi connectivity index (χ0v) is 39.2. The van der Waals surface area contributed by atoms with Crippen molar-refractivity contribution in [3.8, 4) is 0 Å². The van der Waals surface area contributed by atoms with Crippen molar-refractivity contribution in [2.75, 3.05) is 110 Å². The van der Waals surface area contributed by atoms with Gasteiger partial charge in [0, 0.05) is 48.7 Å². The van der Waals surface area contributed by atoms with E-state index < -0.39 is 0 Å². The summed E-state index contributed by atoms with van der Waals surface area (Å²) < 4.78 is 33.1. The molecule has 2 saturated heterocycles. The minimum absolute atomic E-state index is 0.0465. The number of ether oxygens (including phenoxy) is 6. The second-order valence-corrected chi connectivity index (χ2v) is 19.6. The Kier molecular flexibility index (Phi) is 39.6. The van der Waals surface area contributed by atoms with E-state index in [1.807, 2.05) is 11.8 Å². The van der Waals surface area contributed by atoms with Crippen LogP contribution in [0.1, 0.15) is 141 Å². The number of thioether (sulfide) groups is 1. The number of carbonyl (C=O) groups excluding carboxylic acids is 2. The SMILES string of the molecule is O=C(CCCCC1SCC2NC(=O)NC21)NCCOCCOCCOCCCCCCCCCCCSSCCCCCCCCCCCOCCOCCOCCO. The Morgan fingerprint density at radius 1 is 0.559 bits per heavy atom. The summed E-state index contributed by atoms with van der Waals surface area (Å²) in [5.41, 5.74) is 0. The van der Waals surface area contributed by atoms with Crippen LogP contribution in [0.2, 0.25) is 0 Å². The number of hydrogen-bond acceptors (Lipinski definition) is 12. The molecule has 12 nitrogen and oxygen atoms in total. The molecule has 0 saturated carbocycles. The van der Waals surface area contributed by atoms with E-state index in [0.29, 0.717) is 84.3 Å². The maximum atomic E-state index is 12.1. The molecule has 2 aliphatic heterocycles. The highest BCUT2D eigenvalue weighted by atomic mass is 33.1. The Labute approximate surface area is 371 Å². The van der Waals surface area contributed by atoms with Crippen LogP contribution in [-0.2, 0) is 33.2 Å². The van der Waals surface area contributed by atoms with Crippen molar-refractivity contribution in [3.05, 3.63) is 0 Å². The summed E-state index contributed by atoms with van der Waals surface area (Å²) in [6, 6.07) is 0.451. The van der Waals surface area contributed by atoms with Gasteiger partial charge in [0.1, 0.15) is 0 Å². The van der Waals surface area contributed by atoms with Crippen molar-refractivity contribution >= 4 is 45.3 Å². The van der Waals surface area contributed by atoms with Crippen LogP contribution < -0.4 is 16.0 Å². The fraction of sp³-hybridized carbons (Fsp3) is 0.955. The van der Waals surface area contributed by atoms with Gasteiger partial charge in [0.2, 0.25) is 5.91 Å². The van der Waals surface area contributed by atoms with E-state index in [4.69, 9.17) is 33.5 Å². The molecule has 3 atom stereocenters. The third-order valence-electron chi connectivity index (χ3n) is 10.5. The van der Waals surface area contributed by atoms with Crippen LogP contribution in [0.25, 0.3) is 0 Å². The number of unbranched alkanes of at least 4 members (excludes halogenated alkanes) is 17. The van der Waals surface area contributed by atoms with Gasteiger partial charge in [-0.2, -0.15) is 11.8 Å². The van der Waals surface area contributed by atoms with Crippen molar-refractivity contribution in [2.24, 2.45) is 0 Å². The van der Waals surface area contributed by atoms with E-state index >= 15 is 0 Å². The number of nitrogens with one attached hydrogen (secondary N) is 3. The van der Waals surface area contributed by atoms with Crippen LogP contribution in [0.3, 0.4) is 0 Å². The molecule has 0 radical (unpaired) electrons. The van der Waals surface area contributed by atoms with Gasteiger partial charge in [-0.05, 0) is 38.5 Å². The summed E-state index contributed by atoms with van der Waals surface area (Å²) >= 11 is 1.92. The lowest BCUT2D eigenvalue weighted by Gasteiger charge is -2.16. The molecule has 3 amide bonds. The molecule has 348 valence electrons. The number of carbonyl (C=O) groups is 2. The maximum absolute atomic E-state index is 12.1. The number of aliphatic hydroxyl groups is 1. The summed E-state index contributed by atoms with van der Waals surface area (Å²) in [4.78, 5) is 23.6. The van der Waals surface area contributed by atoms with Crippen molar-refractivity contribution in [1.29, 1.82) is 0 Å². The number of amides is 3. The standard InChI is InChI=1S/C44H85N3O9S3/c48-24-28-54-32-36-56-34-30-52-26-18-12-8-4-2-6-10-14-20-38-59-58-37-19-13-9-5-1-3-7-11-17-25-51-29-33-55-35-31-53-27-23-45-42(49)22-16-15-21-41-43-40(39-57-41)46-44(50)47-43/h40-41,43,48H,1-39H2,(H,45,49)(H2,46,47,50). The fourth-order valence-electron chi connectivity index (χ4n) is 7.10. The quantitative estimate of drug-likeness (QED) is 0.0265. The molecule has 0 aromatic heterocycles. The largest absolute Gasteiger partial charge is 0.394 e. The van der Waals surface area contributed by atoms with Crippen LogP contribution in [0, 0.1) is 0 Å². The number of rotatable bonds is 47. The van der Waals surface area contributed by atoms with Gasteiger partial charge in [-0.3, -0.25) is 4.79 Å². The monoisotopic (exact) mass is 896 g/mol. The molecule has 2 heterocycles. The normalized spacial score (nSPS) is 17.4. The molecule has 4 N–H and O–H groups in total. The first-order chi connectivity index (χ1) is 29.2. The minimum Gasteiger partial charge on any atom is -0.394 e. The summed E-state index contributed by atoms with van der Waals surface area (Å²) in [5.74, 6) is 3.65. The number of hydrogen-bond donors (Lipinski definition) is 4. The van der Waals surface area contributed by atoms with Gasteiger partial charge in [0.25, 0.3) is 0 Å². The molecule has 2 rings (SSSR count). The van der Waals surface area contributed by atoms with Gasteiger partial charge in [0.05, 0.1) is 84.8 Å². The fourth-order valence-corrected chi connectivity index (χ4v) is 10.9. The summed E-state index contributed by atoms with van der Waals surface area (Å²) in [6.45, 7) is 7.71. The lowest BCUT2D eigenvalue weighted by molar-refractivity contribution is -0.121. The highest BCUT2D eigenvalue weighted by molar-refractivity contribution is 8.76. The van der Waals surface area contributed by atoms with Gasteiger partial charge in [-0.1, -0.05) is 118 Å². The van der Waals surface area contributed by atoms with Gasteiger partial charge in [-0.25, -0.2) is 4.79 Å². The average Bonchev–Trinajstić information content (AvgIpc) is 3.80. The van der Waals surface area contributed by atoms with Gasteiger partial charge in [-0.15, -0.1) is 0 Å². The highest BCUT2D eigenvalue weighted by Gasteiger charge is 2.42. The molecule has 0 aromatic carbocycles. The summed E-state index contributed by atoms with van der Waals surface area (Å²) in [6.07, 6.45) is 27.3. The number of aliphatic hydroxyl groups excluding tert-OH is 1. The lowest BCUT2D eigenvalue weighted by Crippen LogP contribution is -2.36. The van der Waals surface area contributed by atoms with E-state index in [9.17, 15) is 9.59 Å². The minimum atomic E-state index is -0.0465. The first-order valence-corrected chi connectivity index (χ1v) is 27.0. The molecular weight excluding hydrogens is 811 g/mol. The van der Waals surface area contributed by atoms with E-state index in [1.54, 1.807) is 0 Å². The Morgan fingerprint density at radius 2 is 1.00 bits per heavy atom. The third kappa shape index (κ3) is 34.7. The Balaban J connectivity index is 1.13. The van der Waals surface area contributed by atoms with Crippen molar-refractivity contribution in [3.63, 3.8) is 0 Å². The van der Waals surface area contributed by atoms with Gasteiger partial charge in [0.15, 0.2) is 0 Å². The van der Waals surface area contributed by atoms with Gasteiger partial charge >= 0.3 is 6.03 Å². The lowest BCUT2D eigenvalue weighted by atomic mass is 10.0. The highest BCUT2D eigenvalue weighted by Crippen LogP contribution is 2.33. The second kappa shape index (κ2) is 42.8. The molecule has 0 spiro atoms. The molecule has 3 unspecified atom stereocenters. The predicted molar refractivity (Wildman–Crippen MR) is 247 cm³/mol. The van der Waals surface area contributed by atoms with E-state index in [0.717, 1.165) is 51.1 Å². The van der Waals surface area contributed by atoms with E-state index in [2.05, 4.69) is 37.5 Å². The van der Waals surface area contributed by atoms with E-state index in [1.165, 1.54) is 114 Å². The number of fused-ring (bicyclic) bond motifs is 1. The second-order valence-electron chi connectivity index (χ2n) is 15.6. The molecule has 2 aliphatic rings. The van der Waals surface area contributed by atoms with Crippen LogP contribution in [0.5, 0.6) is 0 Å². The first-order valence-electron chi connectivity index (χ1n) is 23.5. The smallest absolute Gasteiger partial charge is 0.315 e. The molecular formula is C44H85N3O9S3. The van der Waals surface area contributed by atoms with Crippen LogP contribution in [-0.4, -0.2) is 144 Å². The maximum Gasteiger partial charge on any atom is 0.315 e. The summed E-state index contributed by atoms with van der Waals surface area (Å²) in [7, 11) is 4.16. The zero-order valence-electron chi connectivity index (χ0n) is 36.7. The van der Waals surface area contributed by atoms with Crippen molar-refractivity contribution in [1.82, 2.24) is 16.0 Å². The van der Waals surface area contributed by atoms with Crippen LogP contribution in [0.15, 0.2) is 0 Å². The van der Waals surface area contributed by atoms with Crippen LogP contribution >= 0.6 is 33.3 Å². The van der Waals surface area contributed by atoms with E-state index in [-0.39, 0.29) is 30.6 Å². The van der Waals surface area contributed by atoms with Crippen molar-refractivity contribution < 1.29 is 43.1 Å². The molecule has 15 heteroatoms. The third-order valence-corrected chi connectivity index (χ3v) is 14.6. The first kappa shape index (κ1) is 54.6. The van der Waals surface area contributed by atoms with Crippen molar-refractivity contribution in [2.45, 2.75) is 159 Å². The molecule has 0 bridgehead atoms. The molecule has 59 heavy (non-hydrogen) atoms. The average molecular weight is 896 g/mol. The van der Waals surface area contributed by atoms with Gasteiger partial charge < -0.3 is 49.5 Å². The topological polar surface area (TPSA) is 146 Å². The molecule has 0 aliphatic carbocycles. The predicted octanol–water partition coefficient (Wildman–Crippen LogP) is 8.32. The number of urea groups is 1. The summed E-state index contributed by atoms with van der Waals surface area (Å²) in [5, 5.41) is 18.0. The Hall–Kier alpha value is -0.490. The Morgan fingerprint density at radius 3 is 1.51 bits per heavy atom. The molecule has 2 fully saturated rings. The Bertz CT molecular complexity index is 949. The zero-order chi connectivity index (χ0) is 41.9. The molecule has 0 aromatic rings.